The molecule has 34 heavy (non-hydrogen) atoms. The third kappa shape index (κ3) is 4.79. The topological polar surface area (TPSA) is 79.0 Å². The lowest BCUT2D eigenvalue weighted by molar-refractivity contribution is -0.128. The highest BCUT2D eigenvalue weighted by atomic mass is 35.5. The molecule has 3 amide bonds. The van der Waals surface area contributed by atoms with Crippen molar-refractivity contribution in [1.29, 1.82) is 0 Å². The minimum atomic E-state index is -1.05. The standard InChI is InChI=1S/C25H27ClFN3O4/c1-2-11-28-22(31)21-16-34-25(30(21)24(33)18-6-4-8-20(27)15-18)9-12-29(13-10-25)23(32)17-5-3-7-19(26)14-17/h3-8,14-15,21H,2,9-13,16H2,1H3,(H,28,31). The van der Waals surface area contributed by atoms with Gasteiger partial charge in [-0.05, 0) is 42.8 Å². The van der Waals surface area contributed by atoms with Crippen molar-refractivity contribution in [3.63, 3.8) is 0 Å². The Labute approximate surface area is 202 Å². The van der Waals surface area contributed by atoms with E-state index in [4.69, 9.17) is 16.3 Å². The van der Waals surface area contributed by atoms with Crippen molar-refractivity contribution in [2.75, 3.05) is 26.2 Å². The van der Waals surface area contributed by atoms with Crippen LogP contribution in [0, 0.1) is 5.82 Å². The molecule has 0 saturated carbocycles. The van der Waals surface area contributed by atoms with Crippen molar-refractivity contribution >= 4 is 29.3 Å². The maximum Gasteiger partial charge on any atom is 0.256 e. The predicted molar refractivity (Wildman–Crippen MR) is 125 cm³/mol. The predicted octanol–water partition coefficient (Wildman–Crippen LogP) is 3.48. The molecule has 2 aliphatic rings. The number of benzene rings is 2. The van der Waals surface area contributed by atoms with E-state index in [0.29, 0.717) is 43.1 Å². The summed E-state index contributed by atoms with van der Waals surface area (Å²) in [6.07, 6.45) is 1.42. The van der Waals surface area contributed by atoms with Crippen molar-refractivity contribution in [1.82, 2.24) is 15.1 Å². The molecule has 0 bridgehead atoms. The van der Waals surface area contributed by atoms with Gasteiger partial charge in [-0.25, -0.2) is 4.39 Å². The lowest BCUT2D eigenvalue weighted by Gasteiger charge is -2.44. The van der Waals surface area contributed by atoms with Gasteiger partial charge in [-0.3, -0.25) is 19.3 Å². The number of hydrogen-bond donors (Lipinski definition) is 1. The van der Waals surface area contributed by atoms with E-state index in [1.54, 1.807) is 29.2 Å². The monoisotopic (exact) mass is 487 g/mol. The second-order valence-electron chi connectivity index (χ2n) is 8.55. The van der Waals surface area contributed by atoms with Gasteiger partial charge in [0.05, 0.1) is 6.61 Å². The van der Waals surface area contributed by atoms with Gasteiger partial charge >= 0.3 is 0 Å². The van der Waals surface area contributed by atoms with Crippen LogP contribution in [0.15, 0.2) is 48.5 Å². The normalized spacial score (nSPS) is 19.3. The molecule has 2 aromatic carbocycles. The molecule has 0 aromatic heterocycles. The summed E-state index contributed by atoms with van der Waals surface area (Å²) < 4.78 is 20.0. The van der Waals surface area contributed by atoms with Crippen molar-refractivity contribution < 1.29 is 23.5 Å². The van der Waals surface area contributed by atoms with Crippen LogP contribution >= 0.6 is 11.6 Å². The molecule has 2 aromatic rings. The first-order valence-electron chi connectivity index (χ1n) is 11.4. The Hall–Kier alpha value is -2.97. The van der Waals surface area contributed by atoms with Crippen LogP contribution in [0.5, 0.6) is 0 Å². The molecule has 2 aliphatic heterocycles. The second kappa shape index (κ2) is 10.1. The molecule has 1 unspecified atom stereocenters. The third-order valence-corrected chi connectivity index (χ3v) is 6.54. The summed E-state index contributed by atoms with van der Waals surface area (Å²) in [6.45, 7) is 3.13. The molecule has 2 fully saturated rings. The Morgan fingerprint density at radius 2 is 1.76 bits per heavy atom. The van der Waals surface area contributed by atoms with Crippen LogP contribution in [0.1, 0.15) is 46.9 Å². The minimum Gasteiger partial charge on any atom is -0.354 e. The number of piperidine rings is 1. The lowest BCUT2D eigenvalue weighted by Crippen LogP contribution is -2.59. The average molecular weight is 488 g/mol. The van der Waals surface area contributed by atoms with Gasteiger partial charge in [0.1, 0.15) is 17.6 Å². The van der Waals surface area contributed by atoms with Gasteiger partial charge in [0.2, 0.25) is 5.91 Å². The van der Waals surface area contributed by atoms with Gasteiger partial charge < -0.3 is 15.0 Å². The summed E-state index contributed by atoms with van der Waals surface area (Å²) in [6, 6.07) is 11.3. The van der Waals surface area contributed by atoms with Gasteiger partial charge in [0, 0.05) is 48.6 Å². The van der Waals surface area contributed by atoms with E-state index >= 15 is 0 Å². The average Bonchev–Trinajstić information content (AvgIpc) is 3.20. The molecular weight excluding hydrogens is 461 g/mol. The van der Waals surface area contributed by atoms with Crippen LogP contribution < -0.4 is 5.32 Å². The van der Waals surface area contributed by atoms with Crippen LogP contribution in [-0.2, 0) is 9.53 Å². The highest BCUT2D eigenvalue weighted by Gasteiger charge is 2.54. The van der Waals surface area contributed by atoms with Crippen molar-refractivity contribution in [3.05, 3.63) is 70.5 Å². The largest absolute Gasteiger partial charge is 0.354 e. The van der Waals surface area contributed by atoms with E-state index in [1.807, 2.05) is 6.92 Å². The number of nitrogens with one attached hydrogen (secondary N) is 1. The quantitative estimate of drug-likeness (QED) is 0.700. The maximum absolute atomic E-state index is 13.9. The Kier molecular flexibility index (Phi) is 7.19. The molecule has 1 atom stereocenters. The molecule has 180 valence electrons. The van der Waals surface area contributed by atoms with E-state index in [-0.39, 0.29) is 24.0 Å². The van der Waals surface area contributed by atoms with E-state index in [2.05, 4.69) is 5.32 Å². The van der Waals surface area contributed by atoms with E-state index in [9.17, 15) is 18.8 Å². The van der Waals surface area contributed by atoms with Gasteiger partial charge in [0.15, 0.2) is 0 Å². The maximum atomic E-state index is 13.9. The smallest absolute Gasteiger partial charge is 0.256 e. The number of rotatable bonds is 5. The molecule has 9 heteroatoms. The van der Waals surface area contributed by atoms with Crippen LogP contribution in [0.25, 0.3) is 0 Å². The number of carbonyl (C=O) groups is 3. The molecule has 2 saturated heterocycles. The molecule has 7 nitrogen and oxygen atoms in total. The summed E-state index contributed by atoms with van der Waals surface area (Å²) in [5.41, 5.74) is -0.418. The number of ether oxygens (including phenoxy) is 1. The Bertz CT molecular complexity index is 1090. The summed E-state index contributed by atoms with van der Waals surface area (Å²) in [7, 11) is 0. The molecule has 0 aliphatic carbocycles. The van der Waals surface area contributed by atoms with Gasteiger partial charge in [-0.1, -0.05) is 30.7 Å². The highest BCUT2D eigenvalue weighted by molar-refractivity contribution is 6.30. The number of likely N-dealkylation sites (tertiary alicyclic amines) is 1. The zero-order valence-corrected chi connectivity index (χ0v) is 19.7. The van der Waals surface area contributed by atoms with E-state index in [0.717, 1.165) is 12.5 Å². The second-order valence-corrected chi connectivity index (χ2v) is 8.99. The number of amides is 3. The lowest BCUT2D eigenvalue weighted by atomic mass is 9.96. The summed E-state index contributed by atoms with van der Waals surface area (Å²) >= 11 is 6.03. The van der Waals surface area contributed by atoms with Crippen molar-refractivity contribution in [2.45, 2.75) is 38.0 Å². The molecular formula is C25H27ClFN3O4. The summed E-state index contributed by atoms with van der Waals surface area (Å²) in [4.78, 5) is 42.5. The third-order valence-electron chi connectivity index (χ3n) is 6.31. The van der Waals surface area contributed by atoms with Crippen molar-refractivity contribution in [2.24, 2.45) is 0 Å². The minimum absolute atomic E-state index is 0.0405. The fraction of sp³-hybridized carbons (Fsp3) is 0.400. The first kappa shape index (κ1) is 24.2. The molecule has 1 spiro atoms. The summed E-state index contributed by atoms with van der Waals surface area (Å²) in [5, 5.41) is 3.31. The van der Waals surface area contributed by atoms with E-state index < -0.39 is 23.5 Å². The summed E-state index contributed by atoms with van der Waals surface area (Å²) in [5.74, 6) is -1.46. The Morgan fingerprint density at radius 3 is 2.41 bits per heavy atom. The van der Waals surface area contributed by atoms with Gasteiger partial charge in [-0.15, -0.1) is 0 Å². The van der Waals surface area contributed by atoms with Crippen LogP contribution in [0.4, 0.5) is 4.39 Å². The van der Waals surface area contributed by atoms with Crippen LogP contribution in [0.3, 0.4) is 0 Å². The van der Waals surface area contributed by atoms with Gasteiger partial charge in [-0.2, -0.15) is 0 Å². The number of nitrogens with zero attached hydrogens (tertiary/aromatic N) is 2. The molecule has 1 N–H and O–H groups in total. The fourth-order valence-electron chi connectivity index (χ4n) is 4.56. The van der Waals surface area contributed by atoms with E-state index in [1.165, 1.54) is 23.1 Å². The first-order valence-corrected chi connectivity index (χ1v) is 11.8. The van der Waals surface area contributed by atoms with Crippen LogP contribution in [-0.4, -0.2) is 65.5 Å². The Morgan fingerprint density at radius 1 is 1.09 bits per heavy atom. The number of hydrogen-bond acceptors (Lipinski definition) is 4. The molecule has 4 rings (SSSR count). The SMILES string of the molecule is CCCNC(=O)C1COC2(CCN(C(=O)c3cccc(Cl)c3)CC2)N1C(=O)c1cccc(F)c1. The Balaban J connectivity index is 1.57. The fourth-order valence-corrected chi connectivity index (χ4v) is 4.75. The number of carbonyl (C=O) groups excluding carboxylic acids is 3. The first-order chi connectivity index (χ1) is 16.3. The van der Waals surface area contributed by atoms with Crippen LogP contribution in [0.2, 0.25) is 5.02 Å². The molecule has 2 heterocycles. The highest BCUT2D eigenvalue weighted by Crippen LogP contribution is 2.39. The molecule has 0 radical (unpaired) electrons. The van der Waals surface area contributed by atoms with Gasteiger partial charge in [0.25, 0.3) is 11.8 Å². The zero-order chi connectivity index (χ0) is 24.3. The number of halogens is 2. The zero-order valence-electron chi connectivity index (χ0n) is 18.9. The van der Waals surface area contributed by atoms with Crippen molar-refractivity contribution in [3.8, 4) is 0 Å².